The van der Waals surface area contributed by atoms with Crippen LogP contribution < -0.4 is 9.47 Å². The first kappa shape index (κ1) is 15.8. The lowest BCUT2D eigenvalue weighted by Crippen LogP contribution is -2.08. The third-order valence-electron chi connectivity index (χ3n) is 3.00. The summed E-state index contributed by atoms with van der Waals surface area (Å²) in [6.07, 6.45) is 1.83. The molecule has 0 aliphatic heterocycles. The summed E-state index contributed by atoms with van der Waals surface area (Å²) in [6.45, 7) is 2.04. The van der Waals surface area contributed by atoms with Crippen molar-refractivity contribution >= 4 is 21.9 Å². The van der Waals surface area contributed by atoms with E-state index < -0.39 is 5.97 Å². The van der Waals surface area contributed by atoms with E-state index in [9.17, 15) is 4.79 Å². The Morgan fingerprint density at radius 3 is 2.42 bits per heavy atom. The molecule has 0 radical (unpaired) electrons. The zero-order chi connectivity index (χ0) is 14.4. The number of rotatable bonds is 7. The van der Waals surface area contributed by atoms with Crippen molar-refractivity contribution in [2.45, 2.75) is 32.1 Å². The molecule has 0 aliphatic carbocycles. The Bertz CT molecular complexity index is 445. The summed E-state index contributed by atoms with van der Waals surface area (Å²) < 4.78 is 11.4. The van der Waals surface area contributed by atoms with Gasteiger partial charge in [-0.05, 0) is 39.9 Å². The van der Waals surface area contributed by atoms with Crippen molar-refractivity contribution in [3.05, 3.63) is 22.2 Å². The van der Waals surface area contributed by atoms with Crippen molar-refractivity contribution in [2.75, 3.05) is 14.2 Å². The van der Waals surface area contributed by atoms with Gasteiger partial charge in [0, 0.05) is 6.07 Å². The average Bonchev–Trinajstić information content (AvgIpc) is 2.37. The highest BCUT2D eigenvalue weighted by Crippen LogP contribution is 2.39. The summed E-state index contributed by atoms with van der Waals surface area (Å²) in [5, 5.41) is 9.03. The van der Waals surface area contributed by atoms with E-state index in [1.165, 1.54) is 0 Å². The number of carbonyl (C=O) groups is 1. The van der Waals surface area contributed by atoms with Crippen LogP contribution in [0.25, 0.3) is 0 Å². The van der Waals surface area contributed by atoms with Crippen molar-refractivity contribution in [1.82, 2.24) is 0 Å². The minimum atomic E-state index is -0.799. The number of ether oxygens (including phenoxy) is 2. The zero-order valence-electron chi connectivity index (χ0n) is 11.4. The summed E-state index contributed by atoms with van der Waals surface area (Å²) in [4.78, 5) is 11.0. The molecule has 1 unspecified atom stereocenters. The Morgan fingerprint density at radius 1 is 1.32 bits per heavy atom. The standard InChI is InChI=1S/C14H19BrO4/c1-4-5-9(6-14(16)17)10-7-11(15)13(19-3)8-12(10)18-2/h7-9H,4-6H2,1-3H3,(H,16,17). The molecule has 1 atom stereocenters. The maximum Gasteiger partial charge on any atom is 0.303 e. The molecule has 0 spiro atoms. The van der Waals surface area contributed by atoms with Gasteiger partial charge in [0.1, 0.15) is 11.5 Å². The van der Waals surface area contributed by atoms with E-state index >= 15 is 0 Å². The van der Waals surface area contributed by atoms with Crippen molar-refractivity contribution in [1.29, 1.82) is 0 Å². The minimum absolute atomic E-state index is 0.0559. The number of aliphatic carboxylic acids is 1. The number of methoxy groups -OCH3 is 2. The summed E-state index contributed by atoms with van der Waals surface area (Å²) >= 11 is 3.43. The SMILES string of the molecule is CCCC(CC(=O)O)c1cc(Br)c(OC)cc1OC. The van der Waals surface area contributed by atoms with E-state index in [-0.39, 0.29) is 12.3 Å². The maximum absolute atomic E-state index is 11.0. The molecule has 4 nitrogen and oxygen atoms in total. The summed E-state index contributed by atoms with van der Waals surface area (Å²) in [7, 11) is 3.16. The number of benzene rings is 1. The van der Waals surface area contributed by atoms with Crippen LogP contribution in [0.3, 0.4) is 0 Å². The van der Waals surface area contributed by atoms with Gasteiger partial charge in [0.05, 0.1) is 25.1 Å². The molecule has 1 N–H and O–H groups in total. The number of halogens is 1. The number of hydrogen-bond acceptors (Lipinski definition) is 3. The molecule has 0 bridgehead atoms. The van der Waals surface area contributed by atoms with Crippen LogP contribution in [-0.2, 0) is 4.79 Å². The van der Waals surface area contributed by atoms with Gasteiger partial charge < -0.3 is 14.6 Å². The third kappa shape index (κ3) is 4.13. The van der Waals surface area contributed by atoms with Crippen LogP contribution in [0.1, 0.15) is 37.7 Å². The molecule has 0 aromatic heterocycles. The first-order chi connectivity index (χ1) is 9.03. The fraction of sp³-hybridized carbons (Fsp3) is 0.500. The van der Waals surface area contributed by atoms with Crippen molar-refractivity contribution in [3.63, 3.8) is 0 Å². The second kappa shape index (κ2) is 7.38. The first-order valence-electron chi connectivity index (χ1n) is 6.16. The molecule has 0 amide bonds. The Balaban J connectivity index is 3.20. The molecule has 106 valence electrons. The van der Waals surface area contributed by atoms with E-state index in [1.807, 2.05) is 13.0 Å². The Hall–Kier alpha value is -1.23. The highest BCUT2D eigenvalue weighted by Gasteiger charge is 2.20. The Kier molecular flexibility index (Phi) is 6.15. The number of carboxylic acid groups (broad SMARTS) is 1. The number of carboxylic acids is 1. The third-order valence-corrected chi connectivity index (χ3v) is 3.62. The van der Waals surface area contributed by atoms with Crippen LogP contribution in [-0.4, -0.2) is 25.3 Å². The first-order valence-corrected chi connectivity index (χ1v) is 6.95. The second-order valence-electron chi connectivity index (χ2n) is 4.31. The Labute approximate surface area is 121 Å². The zero-order valence-corrected chi connectivity index (χ0v) is 13.0. The van der Waals surface area contributed by atoms with Crippen molar-refractivity contribution < 1.29 is 19.4 Å². The second-order valence-corrected chi connectivity index (χ2v) is 5.17. The van der Waals surface area contributed by atoms with Gasteiger partial charge >= 0.3 is 5.97 Å². The van der Waals surface area contributed by atoms with Gasteiger partial charge in [-0.25, -0.2) is 0 Å². The molecule has 1 rings (SSSR count). The highest BCUT2D eigenvalue weighted by molar-refractivity contribution is 9.10. The lowest BCUT2D eigenvalue weighted by molar-refractivity contribution is -0.137. The predicted molar refractivity (Wildman–Crippen MR) is 77.1 cm³/mol. The number of hydrogen-bond donors (Lipinski definition) is 1. The van der Waals surface area contributed by atoms with Crippen molar-refractivity contribution in [3.8, 4) is 11.5 Å². The van der Waals surface area contributed by atoms with E-state index in [4.69, 9.17) is 14.6 Å². The molecule has 19 heavy (non-hydrogen) atoms. The average molecular weight is 331 g/mol. The molecule has 0 heterocycles. The maximum atomic E-state index is 11.0. The van der Waals surface area contributed by atoms with Crippen LogP contribution in [0.4, 0.5) is 0 Å². The molecule has 0 fully saturated rings. The smallest absolute Gasteiger partial charge is 0.303 e. The van der Waals surface area contributed by atoms with E-state index in [0.717, 1.165) is 22.9 Å². The van der Waals surface area contributed by atoms with E-state index in [1.54, 1.807) is 20.3 Å². The van der Waals surface area contributed by atoms with Gasteiger partial charge in [-0.3, -0.25) is 4.79 Å². The van der Waals surface area contributed by atoms with Gasteiger partial charge in [0.2, 0.25) is 0 Å². The van der Waals surface area contributed by atoms with Crippen LogP contribution in [0, 0.1) is 0 Å². The van der Waals surface area contributed by atoms with Crippen LogP contribution >= 0.6 is 15.9 Å². The molecule has 5 heteroatoms. The monoisotopic (exact) mass is 330 g/mol. The van der Waals surface area contributed by atoms with Gasteiger partial charge in [0.15, 0.2) is 0 Å². The lowest BCUT2D eigenvalue weighted by atomic mass is 9.90. The highest BCUT2D eigenvalue weighted by atomic mass is 79.9. The molecule has 0 saturated heterocycles. The van der Waals surface area contributed by atoms with Crippen LogP contribution in [0.2, 0.25) is 0 Å². The molecular weight excluding hydrogens is 312 g/mol. The molecule has 1 aromatic rings. The van der Waals surface area contributed by atoms with Crippen LogP contribution in [0.5, 0.6) is 11.5 Å². The summed E-state index contributed by atoms with van der Waals surface area (Å²) in [5.74, 6) is 0.484. The van der Waals surface area contributed by atoms with Gasteiger partial charge in [0.25, 0.3) is 0 Å². The molecule has 0 aliphatic rings. The van der Waals surface area contributed by atoms with Gasteiger partial charge in [-0.1, -0.05) is 13.3 Å². The molecular formula is C14H19BrO4. The van der Waals surface area contributed by atoms with Gasteiger partial charge in [-0.15, -0.1) is 0 Å². The Morgan fingerprint density at radius 2 is 1.95 bits per heavy atom. The molecule has 1 aromatic carbocycles. The summed E-state index contributed by atoms with van der Waals surface area (Å²) in [5.41, 5.74) is 0.902. The van der Waals surface area contributed by atoms with Gasteiger partial charge in [-0.2, -0.15) is 0 Å². The fourth-order valence-electron chi connectivity index (χ4n) is 2.13. The van der Waals surface area contributed by atoms with Crippen LogP contribution in [0.15, 0.2) is 16.6 Å². The quantitative estimate of drug-likeness (QED) is 0.825. The molecule has 0 saturated carbocycles. The van der Waals surface area contributed by atoms with Crippen molar-refractivity contribution in [2.24, 2.45) is 0 Å². The lowest BCUT2D eigenvalue weighted by Gasteiger charge is -2.19. The summed E-state index contributed by atoms with van der Waals surface area (Å²) in [6, 6.07) is 3.67. The minimum Gasteiger partial charge on any atom is -0.496 e. The van der Waals surface area contributed by atoms with E-state index in [2.05, 4.69) is 15.9 Å². The topological polar surface area (TPSA) is 55.8 Å². The normalized spacial score (nSPS) is 12.0. The van der Waals surface area contributed by atoms with E-state index in [0.29, 0.717) is 11.5 Å². The predicted octanol–water partition coefficient (Wildman–Crippen LogP) is 3.82. The fourth-order valence-corrected chi connectivity index (χ4v) is 2.65. The largest absolute Gasteiger partial charge is 0.496 e.